The Morgan fingerprint density at radius 1 is 1.22 bits per heavy atom. The number of piperidine rings is 3. The van der Waals surface area contributed by atoms with Crippen LogP contribution in [-0.4, -0.2) is 34.5 Å². The summed E-state index contributed by atoms with van der Waals surface area (Å²) in [5.41, 5.74) is 1.53. The van der Waals surface area contributed by atoms with Crippen molar-refractivity contribution < 1.29 is 9.21 Å². The van der Waals surface area contributed by atoms with Crippen molar-refractivity contribution in [2.45, 2.75) is 31.3 Å². The molecule has 5 heterocycles. The van der Waals surface area contributed by atoms with Crippen LogP contribution < -0.4 is 5.32 Å². The molecule has 138 valence electrons. The predicted molar refractivity (Wildman–Crippen MR) is 103 cm³/mol. The summed E-state index contributed by atoms with van der Waals surface area (Å²) < 4.78 is 5.80. The van der Waals surface area contributed by atoms with Gasteiger partial charge in [0.25, 0.3) is 5.91 Å². The SMILES string of the molecule is O=C(N[C@@]1(Cc2cccnc2)CC2CCN1CC2)c1cc2ccccc2o1. The number of benzene rings is 1. The van der Waals surface area contributed by atoms with Crippen LogP contribution in [0, 0.1) is 5.92 Å². The highest BCUT2D eigenvalue weighted by atomic mass is 16.3. The zero-order chi connectivity index (χ0) is 18.3. The molecule has 3 aliphatic rings. The van der Waals surface area contributed by atoms with Gasteiger partial charge in [0.2, 0.25) is 0 Å². The van der Waals surface area contributed by atoms with Gasteiger partial charge in [0.05, 0.1) is 5.66 Å². The van der Waals surface area contributed by atoms with Gasteiger partial charge in [0.1, 0.15) is 5.58 Å². The van der Waals surface area contributed by atoms with Crippen LogP contribution in [0.5, 0.6) is 0 Å². The second kappa shape index (κ2) is 6.50. The highest BCUT2D eigenvalue weighted by Gasteiger charge is 2.47. The van der Waals surface area contributed by atoms with Crippen molar-refractivity contribution in [2.75, 3.05) is 13.1 Å². The van der Waals surface area contributed by atoms with Crippen LogP contribution in [0.25, 0.3) is 11.0 Å². The maximum Gasteiger partial charge on any atom is 0.288 e. The first kappa shape index (κ1) is 16.5. The molecule has 1 amide bonds. The molecule has 2 aromatic heterocycles. The van der Waals surface area contributed by atoms with Crippen LogP contribution >= 0.6 is 0 Å². The van der Waals surface area contributed by atoms with E-state index < -0.39 is 0 Å². The van der Waals surface area contributed by atoms with Crippen molar-refractivity contribution in [3.05, 3.63) is 66.2 Å². The number of hydrogen-bond donors (Lipinski definition) is 1. The van der Waals surface area contributed by atoms with Gasteiger partial charge in [-0.3, -0.25) is 14.7 Å². The minimum absolute atomic E-state index is 0.136. The van der Waals surface area contributed by atoms with E-state index in [0.717, 1.165) is 42.5 Å². The molecule has 3 aliphatic heterocycles. The van der Waals surface area contributed by atoms with Crippen LogP contribution in [-0.2, 0) is 6.42 Å². The van der Waals surface area contributed by atoms with E-state index in [1.54, 1.807) is 6.20 Å². The monoisotopic (exact) mass is 361 g/mol. The molecular weight excluding hydrogens is 338 g/mol. The lowest BCUT2D eigenvalue weighted by atomic mass is 9.76. The van der Waals surface area contributed by atoms with Gasteiger partial charge >= 0.3 is 0 Å². The Morgan fingerprint density at radius 2 is 2.07 bits per heavy atom. The summed E-state index contributed by atoms with van der Waals surface area (Å²) in [6, 6.07) is 13.6. The number of para-hydroxylation sites is 1. The molecule has 0 radical (unpaired) electrons. The van der Waals surface area contributed by atoms with E-state index in [0.29, 0.717) is 11.7 Å². The van der Waals surface area contributed by atoms with Gasteiger partial charge in [-0.2, -0.15) is 0 Å². The number of aromatic nitrogens is 1. The Bertz CT molecular complexity index is 927. The fourth-order valence-electron chi connectivity index (χ4n) is 4.74. The number of hydrogen-bond acceptors (Lipinski definition) is 4. The minimum atomic E-state index is -0.361. The van der Waals surface area contributed by atoms with Gasteiger partial charge in [-0.1, -0.05) is 24.3 Å². The largest absolute Gasteiger partial charge is 0.451 e. The number of rotatable bonds is 4. The van der Waals surface area contributed by atoms with E-state index in [1.165, 1.54) is 12.8 Å². The van der Waals surface area contributed by atoms with Crippen molar-refractivity contribution in [2.24, 2.45) is 5.92 Å². The minimum Gasteiger partial charge on any atom is -0.451 e. The Balaban J connectivity index is 1.46. The number of nitrogens with one attached hydrogen (secondary N) is 1. The fourth-order valence-corrected chi connectivity index (χ4v) is 4.74. The van der Waals surface area contributed by atoms with Crippen LogP contribution in [0.1, 0.15) is 35.4 Å². The number of carbonyl (C=O) groups excluding carboxylic acids is 1. The van der Waals surface area contributed by atoms with E-state index in [9.17, 15) is 4.79 Å². The quantitative estimate of drug-likeness (QED) is 0.771. The molecule has 1 N–H and O–H groups in total. The molecule has 2 bridgehead atoms. The van der Waals surface area contributed by atoms with Crippen LogP contribution in [0.2, 0.25) is 0 Å². The molecule has 3 saturated heterocycles. The van der Waals surface area contributed by atoms with E-state index in [1.807, 2.05) is 42.6 Å². The highest BCUT2D eigenvalue weighted by molar-refractivity contribution is 5.96. The Morgan fingerprint density at radius 3 is 2.78 bits per heavy atom. The number of furan rings is 1. The van der Waals surface area contributed by atoms with Crippen molar-refractivity contribution >= 4 is 16.9 Å². The number of amides is 1. The van der Waals surface area contributed by atoms with Crippen LogP contribution in [0.4, 0.5) is 0 Å². The van der Waals surface area contributed by atoms with Crippen molar-refractivity contribution in [3.63, 3.8) is 0 Å². The average molecular weight is 361 g/mol. The molecule has 0 unspecified atom stereocenters. The van der Waals surface area contributed by atoms with Gasteiger partial charge < -0.3 is 9.73 Å². The summed E-state index contributed by atoms with van der Waals surface area (Å²) in [6.07, 6.45) is 7.87. The van der Waals surface area contributed by atoms with Crippen LogP contribution in [0.15, 0.2) is 59.3 Å². The molecule has 5 heteroatoms. The number of carbonyl (C=O) groups is 1. The molecule has 3 fully saturated rings. The van der Waals surface area contributed by atoms with Crippen molar-refractivity contribution in [1.29, 1.82) is 0 Å². The fraction of sp³-hybridized carbons (Fsp3) is 0.364. The standard InChI is InChI=1S/C22H23N3O2/c26-21(20-12-18-5-1-2-6-19(18)27-20)24-22(14-17-4-3-9-23-15-17)13-16-7-10-25(22)11-8-16/h1-6,9,12,15-16H,7-8,10-11,13-14H2,(H,24,26)/t22-/m0/s1. The third kappa shape index (κ3) is 3.02. The Kier molecular flexibility index (Phi) is 3.97. The zero-order valence-electron chi connectivity index (χ0n) is 15.2. The molecule has 0 saturated carbocycles. The molecule has 1 aromatic carbocycles. The second-order valence-electron chi connectivity index (χ2n) is 7.81. The van der Waals surface area contributed by atoms with E-state index in [4.69, 9.17) is 4.42 Å². The van der Waals surface area contributed by atoms with Crippen LogP contribution in [0.3, 0.4) is 0 Å². The molecule has 0 aliphatic carbocycles. The summed E-state index contributed by atoms with van der Waals surface area (Å²) in [5.74, 6) is 0.912. The van der Waals surface area contributed by atoms with Gasteiger partial charge in [-0.15, -0.1) is 0 Å². The summed E-state index contributed by atoms with van der Waals surface area (Å²) >= 11 is 0. The number of nitrogens with zero attached hydrogens (tertiary/aromatic N) is 2. The maximum atomic E-state index is 13.1. The molecule has 0 spiro atoms. The Labute approximate surface area is 158 Å². The first-order valence-electron chi connectivity index (χ1n) is 9.67. The maximum absolute atomic E-state index is 13.1. The summed E-state index contributed by atoms with van der Waals surface area (Å²) in [5, 5.41) is 4.31. The topological polar surface area (TPSA) is 58.4 Å². The molecule has 3 aromatic rings. The normalized spacial score (nSPS) is 27.0. The third-order valence-corrected chi connectivity index (χ3v) is 6.06. The van der Waals surface area contributed by atoms with E-state index >= 15 is 0 Å². The lowest BCUT2D eigenvalue weighted by Gasteiger charge is -2.54. The smallest absolute Gasteiger partial charge is 0.288 e. The lowest BCUT2D eigenvalue weighted by molar-refractivity contribution is -0.0466. The molecule has 6 rings (SSSR count). The molecule has 5 nitrogen and oxygen atoms in total. The summed E-state index contributed by atoms with van der Waals surface area (Å²) in [7, 11) is 0. The Hall–Kier alpha value is -2.66. The van der Waals surface area contributed by atoms with Gasteiger partial charge in [0.15, 0.2) is 5.76 Å². The lowest BCUT2D eigenvalue weighted by Crippen LogP contribution is -2.68. The van der Waals surface area contributed by atoms with E-state index in [2.05, 4.69) is 21.3 Å². The van der Waals surface area contributed by atoms with Gasteiger partial charge in [0, 0.05) is 37.3 Å². The third-order valence-electron chi connectivity index (χ3n) is 6.06. The molecule has 1 atom stereocenters. The zero-order valence-corrected chi connectivity index (χ0v) is 15.2. The van der Waals surface area contributed by atoms with Gasteiger partial charge in [-0.25, -0.2) is 0 Å². The predicted octanol–water partition coefficient (Wildman–Crippen LogP) is 3.61. The second-order valence-corrected chi connectivity index (χ2v) is 7.81. The average Bonchev–Trinajstić information content (AvgIpc) is 3.14. The number of pyridine rings is 1. The molecular formula is C22H23N3O2. The first-order chi connectivity index (χ1) is 13.2. The van der Waals surface area contributed by atoms with Crippen molar-refractivity contribution in [1.82, 2.24) is 15.2 Å². The van der Waals surface area contributed by atoms with Gasteiger partial charge in [-0.05, 0) is 48.9 Å². The van der Waals surface area contributed by atoms with Crippen molar-refractivity contribution in [3.8, 4) is 0 Å². The van der Waals surface area contributed by atoms with E-state index in [-0.39, 0.29) is 11.6 Å². The summed E-state index contributed by atoms with van der Waals surface area (Å²) in [6.45, 7) is 2.07. The molecule has 27 heavy (non-hydrogen) atoms. The summed E-state index contributed by atoms with van der Waals surface area (Å²) in [4.78, 5) is 19.8. The number of fused-ring (bicyclic) bond motifs is 4. The first-order valence-corrected chi connectivity index (χ1v) is 9.67. The highest BCUT2D eigenvalue weighted by Crippen LogP contribution is 2.39.